The van der Waals surface area contributed by atoms with E-state index in [1.54, 1.807) is 17.0 Å². The van der Waals surface area contributed by atoms with Crippen LogP contribution in [0, 0.1) is 5.92 Å². The molecule has 0 bridgehead atoms. The van der Waals surface area contributed by atoms with E-state index in [4.69, 9.17) is 23.2 Å². The fraction of sp³-hybridized carbons (Fsp3) is 0.600. The standard InChI is InChI=1S/C20H26Cl2N2O2/c1-13-2-8-16(9-3-13)23-20(26)19(14-4-6-15(22)7-5-14)24(17-10-11-17)18(25)12-21/h4-7,13,16-17,19H,2-3,8-12H2,1H3,(H,23,26)/t13?,16?,19-/m1/s1. The highest BCUT2D eigenvalue weighted by Crippen LogP contribution is 2.36. The first-order valence-corrected chi connectivity index (χ1v) is 10.3. The van der Waals surface area contributed by atoms with E-state index in [9.17, 15) is 9.59 Å². The van der Waals surface area contributed by atoms with Crippen LogP contribution in [0.5, 0.6) is 0 Å². The van der Waals surface area contributed by atoms with E-state index >= 15 is 0 Å². The molecule has 26 heavy (non-hydrogen) atoms. The second-order valence-corrected chi connectivity index (χ2v) is 8.29. The Balaban J connectivity index is 1.83. The topological polar surface area (TPSA) is 49.4 Å². The van der Waals surface area contributed by atoms with Crippen LogP contribution in [0.4, 0.5) is 0 Å². The molecule has 3 rings (SSSR count). The van der Waals surface area contributed by atoms with Gasteiger partial charge in [-0.1, -0.05) is 30.7 Å². The van der Waals surface area contributed by atoms with Crippen LogP contribution >= 0.6 is 23.2 Å². The van der Waals surface area contributed by atoms with Gasteiger partial charge in [-0.3, -0.25) is 9.59 Å². The van der Waals surface area contributed by atoms with Crippen LogP contribution in [0.15, 0.2) is 24.3 Å². The van der Waals surface area contributed by atoms with Crippen molar-refractivity contribution >= 4 is 35.0 Å². The third kappa shape index (κ3) is 4.72. The summed E-state index contributed by atoms with van der Waals surface area (Å²) in [5, 5.41) is 3.79. The third-order valence-electron chi connectivity index (χ3n) is 5.42. The maximum absolute atomic E-state index is 13.2. The number of carbonyl (C=O) groups is 2. The molecule has 2 fully saturated rings. The van der Waals surface area contributed by atoms with E-state index in [-0.39, 0.29) is 29.8 Å². The third-order valence-corrected chi connectivity index (χ3v) is 5.90. The fourth-order valence-corrected chi connectivity index (χ4v) is 4.01. The molecule has 0 unspecified atom stereocenters. The van der Waals surface area contributed by atoms with Gasteiger partial charge >= 0.3 is 0 Å². The minimum atomic E-state index is -0.648. The zero-order valence-electron chi connectivity index (χ0n) is 15.1. The summed E-state index contributed by atoms with van der Waals surface area (Å²) in [5.74, 6) is 0.296. The Hall–Kier alpha value is -1.26. The molecule has 2 aliphatic carbocycles. The average molecular weight is 397 g/mol. The minimum absolute atomic E-state index is 0.0963. The number of hydrogen-bond acceptors (Lipinski definition) is 2. The molecular formula is C20H26Cl2N2O2. The number of carbonyl (C=O) groups excluding carboxylic acids is 2. The first kappa shape index (κ1) is 19.5. The highest BCUT2D eigenvalue weighted by molar-refractivity contribution is 6.30. The van der Waals surface area contributed by atoms with Crippen molar-refractivity contribution in [1.29, 1.82) is 0 Å². The van der Waals surface area contributed by atoms with Crippen LogP contribution in [0.1, 0.15) is 57.1 Å². The fourth-order valence-electron chi connectivity index (χ4n) is 3.75. The van der Waals surface area contributed by atoms with Gasteiger partial charge in [0.1, 0.15) is 11.9 Å². The lowest BCUT2D eigenvalue weighted by molar-refractivity contribution is -0.140. The number of amides is 2. The first-order chi connectivity index (χ1) is 12.5. The lowest BCUT2D eigenvalue weighted by Crippen LogP contribution is -2.48. The molecule has 0 heterocycles. The van der Waals surface area contributed by atoms with Crippen LogP contribution in [0.25, 0.3) is 0 Å². The lowest BCUT2D eigenvalue weighted by Gasteiger charge is -2.34. The number of hydrogen-bond donors (Lipinski definition) is 1. The van der Waals surface area contributed by atoms with Crippen molar-refractivity contribution in [2.45, 2.75) is 63.6 Å². The van der Waals surface area contributed by atoms with Crippen LogP contribution < -0.4 is 5.32 Å². The summed E-state index contributed by atoms with van der Waals surface area (Å²) >= 11 is 11.9. The van der Waals surface area contributed by atoms with Gasteiger partial charge in [-0.25, -0.2) is 0 Å². The van der Waals surface area contributed by atoms with Gasteiger partial charge in [0.15, 0.2) is 0 Å². The zero-order valence-corrected chi connectivity index (χ0v) is 16.6. The number of nitrogens with one attached hydrogen (secondary N) is 1. The largest absolute Gasteiger partial charge is 0.351 e. The van der Waals surface area contributed by atoms with Gasteiger partial charge in [-0.15, -0.1) is 11.6 Å². The normalized spacial score (nSPS) is 24.0. The summed E-state index contributed by atoms with van der Waals surface area (Å²) in [6.07, 6.45) is 6.08. The zero-order chi connectivity index (χ0) is 18.7. The van der Waals surface area contributed by atoms with Crippen LogP contribution in [0.2, 0.25) is 5.02 Å². The maximum Gasteiger partial charge on any atom is 0.247 e. The SMILES string of the molecule is CC1CCC(NC(=O)[C@@H](c2ccc(Cl)cc2)N(C(=O)CCl)C2CC2)CC1. The van der Waals surface area contributed by atoms with Gasteiger partial charge in [-0.05, 0) is 62.1 Å². The van der Waals surface area contributed by atoms with Crippen molar-refractivity contribution in [3.63, 3.8) is 0 Å². The second-order valence-electron chi connectivity index (χ2n) is 7.59. The average Bonchev–Trinajstić information content (AvgIpc) is 3.46. The van der Waals surface area contributed by atoms with Crippen molar-refractivity contribution in [1.82, 2.24) is 10.2 Å². The predicted molar refractivity (Wildman–Crippen MR) is 104 cm³/mol. The van der Waals surface area contributed by atoms with Gasteiger partial charge in [0, 0.05) is 17.1 Å². The van der Waals surface area contributed by atoms with Crippen molar-refractivity contribution in [3.8, 4) is 0 Å². The molecule has 2 amide bonds. The summed E-state index contributed by atoms with van der Waals surface area (Å²) in [4.78, 5) is 27.4. The van der Waals surface area contributed by atoms with Crippen molar-refractivity contribution in [2.75, 3.05) is 5.88 Å². The Bertz CT molecular complexity index is 638. The first-order valence-electron chi connectivity index (χ1n) is 9.42. The van der Waals surface area contributed by atoms with Crippen molar-refractivity contribution < 1.29 is 9.59 Å². The molecule has 1 N–H and O–H groups in total. The predicted octanol–water partition coefficient (Wildman–Crippen LogP) is 4.31. The number of rotatable bonds is 6. The summed E-state index contributed by atoms with van der Waals surface area (Å²) in [6.45, 7) is 2.25. The number of alkyl halides is 1. The number of benzene rings is 1. The van der Waals surface area contributed by atoms with E-state index < -0.39 is 6.04 Å². The van der Waals surface area contributed by atoms with Gasteiger partial charge in [0.25, 0.3) is 0 Å². The van der Waals surface area contributed by atoms with Crippen molar-refractivity contribution in [2.24, 2.45) is 5.92 Å². The molecule has 142 valence electrons. The van der Waals surface area contributed by atoms with E-state index in [2.05, 4.69) is 12.2 Å². The Labute approximate surface area is 165 Å². The summed E-state index contributed by atoms with van der Waals surface area (Å²) in [7, 11) is 0. The van der Waals surface area contributed by atoms with Gasteiger partial charge in [0.2, 0.25) is 11.8 Å². The molecule has 1 aromatic rings. The number of halogens is 2. The molecule has 0 radical (unpaired) electrons. The summed E-state index contributed by atoms with van der Waals surface area (Å²) in [6, 6.07) is 6.80. The molecule has 1 aromatic carbocycles. The Morgan fingerprint density at radius 3 is 2.27 bits per heavy atom. The summed E-state index contributed by atoms with van der Waals surface area (Å²) in [5.41, 5.74) is 0.779. The highest BCUT2D eigenvalue weighted by atomic mass is 35.5. The second kappa shape index (κ2) is 8.62. The van der Waals surface area contributed by atoms with E-state index in [1.165, 1.54) is 0 Å². The highest BCUT2D eigenvalue weighted by Gasteiger charge is 2.41. The molecule has 0 aromatic heterocycles. The van der Waals surface area contributed by atoms with Crippen LogP contribution in [-0.2, 0) is 9.59 Å². The quantitative estimate of drug-likeness (QED) is 0.728. The smallest absolute Gasteiger partial charge is 0.247 e. The molecule has 2 aliphatic rings. The van der Waals surface area contributed by atoms with E-state index in [0.29, 0.717) is 5.02 Å². The maximum atomic E-state index is 13.2. The molecule has 0 spiro atoms. The molecule has 4 nitrogen and oxygen atoms in total. The molecule has 2 saturated carbocycles. The molecular weight excluding hydrogens is 371 g/mol. The van der Waals surface area contributed by atoms with E-state index in [1.807, 2.05) is 12.1 Å². The van der Waals surface area contributed by atoms with Gasteiger partial charge < -0.3 is 10.2 Å². The molecule has 0 saturated heterocycles. The Kier molecular flexibility index (Phi) is 6.46. The summed E-state index contributed by atoms with van der Waals surface area (Å²) < 4.78 is 0. The minimum Gasteiger partial charge on any atom is -0.351 e. The molecule has 1 atom stereocenters. The molecule has 0 aliphatic heterocycles. The Morgan fingerprint density at radius 2 is 1.73 bits per heavy atom. The Morgan fingerprint density at radius 1 is 1.12 bits per heavy atom. The van der Waals surface area contributed by atoms with Crippen molar-refractivity contribution in [3.05, 3.63) is 34.9 Å². The monoisotopic (exact) mass is 396 g/mol. The van der Waals surface area contributed by atoms with Crippen LogP contribution in [-0.4, -0.2) is 34.7 Å². The lowest BCUT2D eigenvalue weighted by atomic mass is 9.87. The number of nitrogens with zero attached hydrogens (tertiary/aromatic N) is 1. The molecule has 6 heteroatoms. The van der Waals surface area contributed by atoms with Gasteiger partial charge in [0.05, 0.1) is 0 Å². The van der Waals surface area contributed by atoms with E-state index in [0.717, 1.165) is 50.0 Å². The van der Waals surface area contributed by atoms with Gasteiger partial charge in [-0.2, -0.15) is 0 Å². The van der Waals surface area contributed by atoms with Crippen LogP contribution in [0.3, 0.4) is 0 Å².